The minimum Gasteiger partial charge on any atom is -0.473 e. The average Bonchev–Trinajstić information content (AvgIpc) is 3.23. The van der Waals surface area contributed by atoms with Gasteiger partial charge in [0.25, 0.3) is 0 Å². The average molecular weight is 471 g/mol. The van der Waals surface area contributed by atoms with Crippen LogP contribution in [0.15, 0.2) is 54.6 Å². The molecule has 10 heteroatoms. The molecule has 1 fully saturated rings. The van der Waals surface area contributed by atoms with Crippen LogP contribution in [0.5, 0.6) is 0 Å². The van der Waals surface area contributed by atoms with Gasteiger partial charge in [0.15, 0.2) is 0 Å². The van der Waals surface area contributed by atoms with E-state index in [9.17, 15) is 4.79 Å². The first-order valence-corrected chi connectivity index (χ1v) is 11.6. The van der Waals surface area contributed by atoms with Crippen molar-refractivity contribution in [2.75, 3.05) is 31.9 Å². The monoisotopic (exact) mass is 470 g/mol. The van der Waals surface area contributed by atoms with Gasteiger partial charge >= 0.3 is 11.9 Å². The predicted octanol–water partition coefficient (Wildman–Crippen LogP) is 2.30. The summed E-state index contributed by atoms with van der Waals surface area (Å²) in [6.07, 6.45) is 0. The van der Waals surface area contributed by atoms with Crippen molar-refractivity contribution in [2.45, 2.75) is 12.3 Å². The highest BCUT2D eigenvalue weighted by atomic mass is 32.2. The van der Waals surface area contributed by atoms with Crippen molar-refractivity contribution in [2.24, 2.45) is 0 Å². The van der Waals surface area contributed by atoms with Crippen molar-refractivity contribution in [3.05, 3.63) is 66.0 Å². The second-order valence-corrected chi connectivity index (χ2v) is 8.43. The van der Waals surface area contributed by atoms with Gasteiger partial charge in [-0.25, -0.2) is 14.6 Å². The molecule has 0 spiro atoms. The molecule has 0 bridgehead atoms. The van der Waals surface area contributed by atoms with Gasteiger partial charge in [0.2, 0.25) is 5.91 Å². The summed E-state index contributed by atoms with van der Waals surface area (Å²) in [6, 6.07) is 18.4. The zero-order chi connectivity index (χ0) is 23.6. The molecular formula is C23H26N4O5S. The van der Waals surface area contributed by atoms with Crippen LogP contribution in [0.3, 0.4) is 0 Å². The maximum Gasteiger partial charge on any atom is 0.414 e. The Bertz CT molecular complexity index is 1040. The first-order valence-electron chi connectivity index (χ1n) is 10.4. The molecule has 0 radical (unpaired) electrons. The van der Waals surface area contributed by atoms with Crippen LogP contribution in [0.4, 0.5) is 0 Å². The Morgan fingerprint density at radius 2 is 1.55 bits per heavy atom. The number of fused-ring (bicyclic) bond motifs is 1. The first kappa shape index (κ1) is 24.3. The molecule has 9 nitrogen and oxygen atoms in total. The molecule has 3 aromatic rings. The van der Waals surface area contributed by atoms with E-state index in [1.165, 1.54) is 5.56 Å². The van der Waals surface area contributed by atoms with Crippen LogP contribution < -0.4 is 0 Å². The second kappa shape index (κ2) is 12.0. The summed E-state index contributed by atoms with van der Waals surface area (Å²) in [5.74, 6) is -0.962. The maximum absolute atomic E-state index is 12.4. The molecule has 1 aliphatic rings. The molecule has 0 atom stereocenters. The number of piperazine rings is 1. The van der Waals surface area contributed by atoms with Crippen molar-refractivity contribution in [1.29, 1.82) is 0 Å². The number of H-pyrrole nitrogens is 1. The number of imidazole rings is 1. The number of carboxylic acid groups (broad SMARTS) is 2. The quantitative estimate of drug-likeness (QED) is 0.469. The van der Waals surface area contributed by atoms with Gasteiger partial charge < -0.3 is 20.1 Å². The fraction of sp³-hybridized carbons (Fsp3) is 0.304. The van der Waals surface area contributed by atoms with E-state index >= 15 is 0 Å². The van der Waals surface area contributed by atoms with Crippen LogP contribution in [0.1, 0.15) is 11.4 Å². The lowest BCUT2D eigenvalue weighted by atomic mass is 10.2. The van der Waals surface area contributed by atoms with Gasteiger partial charge in [0, 0.05) is 31.9 Å². The van der Waals surface area contributed by atoms with E-state index in [4.69, 9.17) is 19.8 Å². The van der Waals surface area contributed by atoms with Gasteiger partial charge in [-0.1, -0.05) is 42.5 Å². The number of nitrogens with zero attached hydrogens (tertiary/aromatic N) is 3. The van der Waals surface area contributed by atoms with Crippen LogP contribution in [0.2, 0.25) is 0 Å². The van der Waals surface area contributed by atoms with E-state index < -0.39 is 11.9 Å². The molecule has 174 valence electrons. The molecule has 1 saturated heterocycles. The molecule has 2 aromatic carbocycles. The third-order valence-electron chi connectivity index (χ3n) is 5.06. The molecule has 1 amide bonds. The van der Waals surface area contributed by atoms with Crippen LogP contribution in [0.25, 0.3) is 11.0 Å². The number of carbonyl (C=O) groups is 3. The summed E-state index contributed by atoms with van der Waals surface area (Å²) in [6.45, 7) is 4.19. The fourth-order valence-electron chi connectivity index (χ4n) is 3.37. The largest absolute Gasteiger partial charge is 0.473 e. The highest BCUT2D eigenvalue weighted by Gasteiger charge is 2.21. The lowest BCUT2D eigenvalue weighted by molar-refractivity contribution is -0.159. The van der Waals surface area contributed by atoms with Crippen LogP contribution in [-0.2, 0) is 26.7 Å². The van der Waals surface area contributed by atoms with Gasteiger partial charge in [0.1, 0.15) is 5.82 Å². The van der Waals surface area contributed by atoms with E-state index in [0.717, 1.165) is 55.3 Å². The third-order valence-corrected chi connectivity index (χ3v) is 6.05. The molecular weight excluding hydrogens is 444 g/mol. The van der Waals surface area contributed by atoms with Gasteiger partial charge in [0.05, 0.1) is 23.3 Å². The van der Waals surface area contributed by atoms with Gasteiger partial charge in [-0.2, -0.15) is 0 Å². The number of aliphatic carboxylic acids is 2. The van der Waals surface area contributed by atoms with E-state index in [1.807, 2.05) is 41.3 Å². The smallest absolute Gasteiger partial charge is 0.414 e. The summed E-state index contributed by atoms with van der Waals surface area (Å²) in [5, 5.41) is 14.8. The maximum atomic E-state index is 12.4. The zero-order valence-corrected chi connectivity index (χ0v) is 18.8. The molecule has 1 aliphatic heterocycles. The molecule has 2 heterocycles. The number of carboxylic acids is 2. The number of carbonyl (C=O) groups excluding carboxylic acids is 1. The van der Waals surface area contributed by atoms with E-state index in [2.05, 4.69) is 33.1 Å². The number of aromatic amines is 1. The summed E-state index contributed by atoms with van der Waals surface area (Å²) in [4.78, 5) is 43.0. The Kier molecular flexibility index (Phi) is 8.85. The summed E-state index contributed by atoms with van der Waals surface area (Å²) >= 11 is 1.69. The highest BCUT2D eigenvalue weighted by Crippen LogP contribution is 2.15. The van der Waals surface area contributed by atoms with Crippen molar-refractivity contribution < 1.29 is 24.6 Å². The minimum absolute atomic E-state index is 0.249. The number of benzene rings is 2. The minimum atomic E-state index is -1.82. The summed E-state index contributed by atoms with van der Waals surface area (Å²) in [7, 11) is 0. The highest BCUT2D eigenvalue weighted by molar-refractivity contribution is 7.99. The number of aromatic nitrogens is 2. The Labute approximate surface area is 195 Å². The van der Waals surface area contributed by atoms with E-state index in [1.54, 1.807) is 11.8 Å². The molecule has 3 N–H and O–H groups in total. The second-order valence-electron chi connectivity index (χ2n) is 7.45. The summed E-state index contributed by atoms with van der Waals surface area (Å²) < 4.78 is 0. The Hall–Kier alpha value is -3.37. The predicted molar refractivity (Wildman–Crippen MR) is 126 cm³/mol. The number of hydrogen-bond donors (Lipinski definition) is 3. The van der Waals surface area contributed by atoms with Crippen LogP contribution >= 0.6 is 11.8 Å². The lowest BCUT2D eigenvalue weighted by Crippen LogP contribution is -2.48. The fourth-order valence-corrected chi connectivity index (χ4v) is 4.26. The van der Waals surface area contributed by atoms with Crippen LogP contribution in [-0.4, -0.2) is 79.8 Å². The number of amides is 1. The molecule has 33 heavy (non-hydrogen) atoms. The van der Waals surface area contributed by atoms with Gasteiger partial charge in [-0.3, -0.25) is 9.69 Å². The molecule has 0 unspecified atom stereocenters. The number of para-hydroxylation sites is 2. The standard InChI is InChI=1S/C21H24N4OS.C2H2O4/c26-21(16-27-15-17-6-2-1-3-7-17)25-12-10-24(11-13-25)14-20-22-18-8-4-5-9-19(18)23-20;3-1(4)2(5)6/h1-9H,10-16H2,(H,22,23);(H,3,4)(H,5,6). The van der Waals surface area contributed by atoms with Crippen LogP contribution in [0, 0.1) is 0 Å². The molecule has 0 saturated carbocycles. The zero-order valence-electron chi connectivity index (χ0n) is 18.0. The topological polar surface area (TPSA) is 127 Å². The molecule has 1 aromatic heterocycles. The number of thioether (sulfide) groups is 1. The van der Waals surface area contributed by atoms with Crippen molar-refractivity contribution in [3.8, 4) is 0 Å². The molecule has 4 rings (SSSR count). The van der Waals surface area contributed by atoms with Crippen molar-refractivity contribution >= 4 is 40.6 Å². The normalized spacial score (nSPS) is 13.9. The number of rotatable bonds is 6. The molecule has 0 aliphatic carbocycles. The third kappa shape index (κ3) is 7.62. The Balaban J connectivity index is 0.000000454. The first-order chi connectivity index (χ1) is 15.9. The van der Waals surface area contributed by atoms with Gasteiger partial charge in [-0.05, 0) is 17.7 Å². The Morgan fingerprint density at radius 1 is 0.909 bits per heavy atom. The summed E-state index contributed by atoms with van der Waals surface area (Å²) in [5.41, 5.74) is 3.36. The van der Waals surface area contributed by atoms with E-state index in [0.29, 0.717) is 5.75 Å². The van der Waals surface area contributed by atoms with E-state index in [-0.39, 0.29) is 5.91 Å². The van der Waals surface area contributed by atoms with Crippen molar-refractivity contribution in [1.82, 2.24) is 19.8 Å². The number of nitrogens with one attached hydrogen (secondary N) is 1. The SMILES string of the molecule is O=C(CSCc1ccccc1)N1CCN(Cc2nc3ccccc3[nH]2)CC1.O=C(O)C(=O)O. The van der Waals surface area contributed by atoms with Crippen molar-refractivity contribution in [3.63, 3.8) is 0 Å². The Morgan fingerprint density at radius 3 is 2.18 bits per heavy atom. The number of hydrogen-bond acceptors (Lipinski definition) is 6. The lowest BCUT2D eigenvalue weighted by Gasteiger charge is -2.34. The van der Waals surface area contributed by atoms with Gasteiger partial charge in [-0.15, -0.1) is 11.8 Å².